The number of thiazole rings is 1. The van der Waals surface area contributed by atoms with Crippen LogP contribution >= 0.6 is 11.3 Å². The summed E-state index contributed by atoms with van der Waals surface area (Å²) in [6, 6.07) is 9.96. The number of amides is 1. The molecule has 1 unspecified atom stereocenters. The highest BCUT2D eigenvalue weighted by molar-refractivity contribution is 7.14. The number of nitrogens with zero attached hydrogens (tertiary/aromatic N) is 1. The highest BCUT2D eigenvalue weighted by Crippen LogP contribution is 2.24. The normalized spacial score (nSPS) is 17.7. The summed E-state index contributed by atoms with van der Waals surface area (Å²) in [5, 5.41) is 5.43. The summed E-state index contributed by atoms with van der Waals surface area (Å²) in [7, 11) is 0. The summed E-state index contributed by atoms with van der Waals surface area (Å²) in [4.78, 5) is 16.4. The molecular weight excluding hydrogens is 292 g/mol. The van der Waals surface area contributed by atoms with Gasteiger partial charge in [-0.1, -0.05) is 48.6 Å². The van der Waals surface area contributed by atoms with Crippen LogP contribution in [0.5, 0.6) is 0 Å². The Labute approximate surface area is 134 Å². The second-order valence-electron chi connectivity index (χ2n) is 5.30. The minimum Gasteiger partial charge on any atom is -0.298 e. The van der Waals surface area contributed by atoms with E-state index in [4.69, 9.17) is 0 Å². The SMILES string of the molecule is O=C(C=CC1CC=CCC1)Nc1nc(-c2ccccc2)cs1. The maximum Gasteiger partial charge on any atom is 0.249 e. The molecule has 1 aromatic heterocycles. The summed E-state index contributed by atoms with van der Waals surface area (Å²) in [6.45, 7) is 0. The fourth-order valence-electron chi connectivity index (χ4n) is 2.44. The lowest BCUT2D eigenvalue weighted by Crippen LogP contribution is -2.09. The van der Waals surface area contributed by atoms with Gasteiger partial charge in [-0.25, -0.2) is 4.98 Å². The van der Waals surface area contributed by atoms with Gasteiger partial charge in [0.05, 0.1) is 5.69 Å². The number of benzene rings is 1. The van der Waals surface area contributed by atoms with Gasteiger partial charge in [0.15, 0.2) is 5.13 Å². The first-order valence-electron chi connectivity index (χ1n) is 7.46. The largest absolute Gasteiger partial charge is 0.298 e. The number of allylic oxidation sites excluding steroid dienone is 3. The lowest BCUT2D eigenvalue weighted by atomic mass is 9.94. The Morgan fingerprint density at radius 1 is 1.27 bits per heavy atom. The Morgan fingerprint density at radius 3 is 2.91 bits per heavy atom. The van der Waals surface area contributed by atoms with Crippen LogP contribution in [-0.2, 0) is 4.79 Å². The molecule has 1 aliphatic rings. The summed E-state index contributed by atoms with van der Waals surface area (Å²) in [6.07, 6.45) is 11.3. The Balaban J connectivity index is 1.59. The second-order valence-corrected chi connectivity index (χ2v) is 6.15. The molecule has 0 spiro atoms. The molecule has 3 rings (SSSR count). The van der Waals surface area contributed by atoms with Gasteiger partial charge in [-0.3, -0.25) is 10.1 Å². The minimum atomic E-state index is -0.108. The summed E-state index contributed by atoms with van der Waals surface area (Å²) in [5.41, 5.74) is 1.95. The Kier molecular flexibility index (Phi) is 4.81. The zero-order valence-electron chi connectivity index (χ0n) is 12.2. The molecule has 0 aliphatic heterocycles. The van der Waals surface area contributed by atoms with Crippen LogP contribution in [-0.4, -0.2) is 10.9 Å². The standard InChI is InChI=1S/C18H18N2OS/c21-17(12-11-14-7-3-1-4-8-14)20-18-19-16(13-22-18)15-9-5-2-6-10-15/h1-3,5-6,9-14H,4,7-8H2,(H,19,20,21). The third-order valence-electron chi connectivity index (χ3n) is 3.63. The fourth-order valence-corrected chi connectivity index (χ4v) is 3.16. The van der Waals surface area contributed by atoms with Crippen molar-refractivity contribution in [2.45, 2.75) is 19.3 Å². The molecule has 1 heterocycles. The molecule has 112 valence electrons. The van der Waals surface area contributed by atoms with E-state index in [1.807, 2.05) is 41.8 Å². The van der Waals surface area contributed by atoms with E-state index in [0.29, 0.717) is 11.0 Å². The minimum absolute atomic E-state index is 0.108. The van der Waals surface area contributed by atoms with E-state index >= 15 is 0 Å². The first-order valence-corrected chi connectivity index (χ1v) is 8.34. The van der Waals surface area contributed by atoms with Gasteiger partial charge in [-0.05, 0) is 31.3 Å². The number of rotatable bonds is 4. The Bertz CT molecular complexity index is 688. The van der Waals surface area contributed by atoms with Crippen molar-refractivity contribution in [1.82, 2.24) is 4.98 Å². The van der Waals surface area contributed by atoms with Crippen molar-refractivity contribution in [3.63, 3.8) is 0 Å². The molecule has 0 saturated carbocycles. The molecule has 1 aliphatic carbocycles. The van der Waals surface area contributed by atoms with Crippen LogP contribution in [0.15, 0.2) is 60.0 Å². The van der Waals surface area contributed by atoms with Crippen LogP contribution in [0.2, 0.25) is 0 Å². The third-order valence-corrected chi connectivity index (χ3v) is 4.39. The van der Waals surface area contributed by atoms with E-state index in [9.17, 15) is 4.79 Å². The number of hydrogen-bond donors (Lipinski definition) is 1. The van der Waals surface area contributed by atoms with Gasteiger partial charge in [0.25, 0.3) is 0 Å². The Morgan fingerprint density at radius 2 is 2.14 bits per heavy atom. The van der Waals surface area contributed by atoms with Gasteiger partial charge in [0.2, 0.25) is 5.91 Å². The number of nitrogens with one attached hydrogen (secondary N) is 1. The van der Waals surface area contributed by atoms with E-state index < -0.39 is 0 Å². The van der Waals surface area contributed by atoms with E-state index in [1.54, 1.807) is 6.08 Å². The number of aromatic nitrogens is 1. The molecule has 0 fully saturated rings. The molecular formula is C18H18N2OS. The number of carbonyl (C=O) groups excluding carboxylic acids is 1. The Hall–Kier alpha value is -2.20. The first-order chi connectivity index (χ1) is 10.8. The smallest absolute Gasteiger partial charge is 0.249 e. The fraction of sp³-hybridized carbons (Fsp3) is 0.222. The van der Waals surface area contributed by atoms with Gasteiger partial charge in [-0.2, -0.15) is 0 Å². The lowest BCUT2D eigenvalue weighted by Gasteiger charge is -2.12. The zero-order valence-corrected chi connectivity index (χ0v) is 13.1. The number of hydrogen-bond acceptors (Lipinski definition) is 3. The van der Waals surface area contributed by atoms with Crippen molar-refractivity contribution in [2.24, 2.45) is 5.92 Å². The van der Waals surface area contributed by atoms with Crippen molar-refractivity contribution in [2.75, 3.05) is 5.32 Å². The third kappa shape index (κ3) is 3.92. The number of anilines is 1. The predicted molar refractivity (Wildman–Crippen MR) is 91.8 cm³/mol. The van der Waals surface area contributed by atoms with E-state index in [1.165, 1.54) is 11.3 Å². The molecule has 1 N–H and O–H groups in total. The van der Waals surface area contributed by atoms with Gasteiger partial charge < -0.3 is 0 Å². The molecule has 22 heavy (non-hydrogen) atoms. The van der Waals surface area contributed by atoms with Crippen molar-refractivity contribution in [1.29, 1.82) is 0 Å². The molecule has 1 aromatic carbocycles. The maximum atomic E-state index is 12.0. The van der Waals surface area contributed by atoms with Crippen molar-refractivity contribution >= 4 is 22.4 Å². The van der Waals surface area contributed by atoms with Crippen LogP contribution in [0.25, 0.3) is 11.3 Å². The molecule has 3 nitrogen and oxygen atoms in total. The van der Waals surface area contributed by atoms with Crippen molar-refractivity contribution in [3.8, 4) is 11.3 Å². The predicted octanol–water partition coefficient (Wildman–Crippen LogP) is 4.66. The second kappa shape index (κ2) is 7.18. The molecule has 0 saturated heterocycles. The van der Waals surface area contributed by atoms with Crippen LogP contribution in [0.3, 0.4) is 0 Å². The van der Waals surface area contributed by atoms with Crippen LogP contribution in [0.1, 0.15) is 19.3 Å². The van der Waals surface area contributed by atoms with E-state index in [-0.39, 0.29) is 5.91 Å². The number of carbonyl (C=O) groups is 1. The van der Waals surface area contributed by atoms with Crippen LogP contribution in [0, 0.1) is 5.92 Å². The average molecular weight is 310 g/mol. The summed E-state index contributed by atoms with van der Waals surface area (Å²) < 4.78 is 0. The van der Waals surface area contributed by atoms with Crippen LogP contribution < -0.4 is 5.32 Å². The monoisotopic (exact) mass is 310 g/mol. The molecule has 0 radical (unpaired) electrons. The molecule has 4 heteroatoms. The van der Waals surface area contributed by atoms with Gasteiger partial charge in [-0.15, -0.1) is 11.3 Å². The molecule has 2 aromatic rings. The average Bonchev–Trinajstić information content (AvgIpc) is 3.03. The quantitative estimate of drug-likeness (QED) is 0.659. The maximum absolute atomic E-state index is 12.0. The molecule has 1 atom stereocenters. The summed E-state index contributed by atoms with van der Waals surface area (Å²) in [5.74, 6) is 0.371. The molecule has 0 bridgehead atoms. The van der Waals surface area contributed by atoms with E-state index in [2.05, 4.69) is 22.5 Å². The molecule has 1 amide bonds. The van der Waals surface area contributed by atoms with Crippen molar-refractivity contribution in [3.05, 3.63) is 60.0 Å². The topological polar surface area (TPSA) is 42.0 Å². The van der Waals surface area contributed by atoms with Gasteiger partial charge >= 0.3 is 0 Å². The first kappa shape index (κ1) is 14.7. The van der Waals surface area contributed by atoms with E-state index in [0.717, 1.165) is 30.5 Å². The lowest BCUT2D eigenvalue weighted by molar-refractivity contribution is -0.111. The van der Waals surface area contributed by atoms with Gasteiger partial charge in [0.1, 0.15) is 0 Å². The van der Waals surface area contributed by atoms with Crippen molar-refractivity contribution < 1.29 is 4.79 Å². The highest BCUT2D eigenvalue weighted by atomic mass is 32.1. The van der Waals surface area contributed by atoms with Crippen LogP contribution in [0.4, 0.5) is 5.13 Å². The zero-order chi connectivity index (χ0) is 15.2. The highest BCUT2D eigenvalue weighted by Gasteiger charge is 2.08. The van der Waals surface area contributed by atoms with Gasteiger partial charge in [0, 0.05) is 10.9 Å². The summed E-state index contributed by atoms with van der Waals surface area (Å²) >= 11 is 1.45.